The topological polar surface area (TPSA) is 63.6 Å². The molecule has 0 amide bonds. The van der Waals surface area contributed by atoms with Crippen LogP contribution in [0.3, 0.4) is 0 Å². The summed E-state index contributed by atoms with van der Waals surface area (Å²) in [5.41, 5.74) is 0.444. The molecule has 3 aromatic rings. The number of ether oxygens (including phenoxy) is 1. The van der Waals surface area contributed by atoms with Crippen LogP contribution in [-0.4, -0.2) is 23.1 Å². The fraction of sp³-hybridized carbons (Fsp3) is 0.484. The minimum atomic E-state index is -1.12. The van der Waals surface area contributed by atoms with Gasteiger partial charge >= 0.3 is 11.9 Å². The van der Waals surface area contributed by atoms with Gasteiger partial charge in [-0.1, -0.05) is 126 Å². The van der Waals surface area contributed by atoms with Crippen LogP contribution < -0.4 is 0 Å². The number of rotatable bonds is 16. The average molecular weight is 477 g/mol. The first-order valence-corrected chi connectivity index (χ1v) is 13.5. The zero-order valence-electron chi connectivity index (χ0n) is 21.1. The molecule has 3 rings (SSSR count). The van der Waals surface area contributed by atoms with Gasteiger partial charge in [0.2, 0.25) is 0 Å². The van der Waals surface area contributed by atoms with Crippen LogP contribution in [0, 0.1) is 0 Å². The molecular formula is C31H40O4. The smallest absolute Gasteiger partial charge is 0.345 e. The molecule has 0 heterocycles. The van der Waals surface area contributed by atoms with E-state index in [1.807, 2.05) is 54.6 Å². The predicted octanol–water partition coefficient (Wildman–Crippen LogP) is 8.69. The fourth-order valence-corrected chi connectivity index (χ4v) is 4.83. The second-order valence-electron chi connectivity index (χ2n) is 9.60. The van der Waals surface area contributed by atoms with Crippen molar-refractivity contribution in [3.05, 3.63) is 60.2 Å². The van der Waals surface area contributed by atoms with E-state index in [0.717, 1.165) is 40.8 Å². The van der Waals surface area contributed by atoms with Gasteiger partial charge in [-0.3, -0.25) is 0 Å². The Morgan fingerprint density at radius 1 is 0.714 bits per heavy atom. The van der Waals surface area contributed by atoms with Crippen LogP contribution in [0.5, 0.6) is 0 Å². The van der Waals surface area contributed by atoms with Crippen LogP contribution in [0.2, 0.25) is 0 Å². The molecule has 0 radical (unpaired) electrons. The van der Waals surface area contributed by atoms with Crippen LogP contribution in [0.15, 0.2) is 54.6 Å². The Morgan fingerprint density at radius 3 is 1.66 bits per heavy atom. The SMILES string of the molecule is CCCCCCCCCCCCCCC(OC(=O)c1c2ccccc2cc2ccccc12)C(=O)O. The molecule has 0 aliphatic rings. The Balaban J connectivity index is 1.48. The van der Waals surface area contributed by atoms with Crippen molar-refractivity contribution in [1.82, 2.24) is 0 Å². The van der Waals surface area contributed by atoms with Crippen LogP contribution in [0.25, 0.3) is 21.5 Å². The molecule has 0 aromatic heterocycles. The quantitative estimate of drug-likeness (QED) is 0.128. The highest BCUT2D eigenvalue weighted by atomic mass is 16.6. The van der Waals surface area contributed by atoms with E-state index in [2.05, 4.69) is 6.92 Å². The van der Waals surface area contributed by atoms with E-state index in [-0.39, 0.29) is 0 Å². The summed E-state index contributed by atoms with van der Waals surface area (Å²) in [6.07, 6.45) is 13.8. The molecule has 0 aliphatic carbocycles. The summed E-state index contributed by atoms with van der Waals surface area (Å²) in [6, 6.07) is 17.4. The minimum Gasteiger partial charge on any atom is -0.479 e. The van der Waals surface area contributed by atoms with Gasteiger partial charge in [0.25, 0.3) is 0 Å². The second-order valence-corrected chi connectivity index (χ2v) is 9.60. The number of carboxylic acid groups (broad SMARTS) is 1. The zero-order valence-corrected chi connectivity index (χ0v) is 21.1. The molecule has 1 unspecified atom stereocenters. The molecule has 4 heteroatoms. The molecule has 0 saturated heterocycles. The van der Waals surface area contributed by atoms with Crippen molar-refractivity contribution in [1.29, 1.82) is 0 Å². The molecule has 188 valence electrons. The average Bonchev–Trinajstić information content (AvgIpc) is 2.86. The Kier molecular flexibility index (Phi) is 11.1. The number of benzene rings is 3. The number of hydrogen-bond acceptors (Lipinski definition) is 3. The van der Waals surface area contributed by atoms with Crippen molar-refractivity contribution in [3.63, 3.8) is 0 Å². The van der Waals surface area contributed by atoms with E-state index in [0.29, 0.717) is 12.0 Å². The zero-order chi connectivity index (χ0) is 24.9. The summed E-state index contributed by atoms with van der Waals surface area (Å²) in [7, 11) is 0. The lowest BCUT2D eigenvalue weighted by atomic mass is 9.97. The number of aliphatic carboxylic acids is 1. The molecule has 0 aliphatic heterocycles. The number of carbonyl (C=O) groups is 2. The highest BCUT2D eigenvalue weighted by Gasteiger charge is 2.25. The van der Waals surface area contributed by atoms with E-state index in [1.165, 1.54) is 57.8 Å². The van der Waals surface area contributed by atoms with E-state index in [9.17, 15) is 14.7 Å². The predicted molar refractivity (Wildman–Crippen MR) is 144 cm³/mol. The monoisotopic (exact) mass is 476 g/mol. The maximum absolute atomic E-state index is 13.2. The van der Waals surface area contributed by atoms with E-state index in [4.69, 9.17) is 4.74 Å². The van der Waals surface area contributed by atoms with Crippen molar-refractivity contribution in [2.75, 3.05) is 0 Å². The first-order chi connectivity index (χ1) is 17.1. The number of hydrogen-bond donors (Lipinski definition) is 1. The minimum absolute atomic E-state index is 0.348. The van der Waals surface area contributed by atoms with Gasteiger partial charge in [-0.05, 0) is 40.5 Å². The van der Waals surface area contributed by atoms with Crippen LogP contribution >= 0.6 is 0 Å². The molecule has 4 nitrogen and oxygen atoms in total. The fourth-order valence-electron chi connectivity index (χ4n) is 4.83. The van der Waals surface area contributed by atoms with Crippen molar-refractivity contribution in [2.45, 2.75) is 96.5 Å². The Hall–Kier alpha value is -2.88. The van der Waals surface area contributed by atoms with Crippen molar-refractivity contribution >= 4 is 33.5 Å². The van der Waals surface area contributed by atoms with Crippen LogP contribution in [0.4, 0.5) is 0 Å². The lowest BCUT2D eigenvalue weighted by Crippen LogP contribution is -2.27. The molecule has 1 atom stereocenters. The van der Waals surface area contributed by atoms with Crippen molar-refractivity contribution in [3.8, 4) is 0 Å². The summed E-state index contributed by atoms with van der Waals surface area (Å²) < 4.78 is 5.58. The second kappa shape index (κ2) is 14.5. The molecule has 3 aromatic carbocycles. The number of carboxylic acids is 1. The summed E-state index contributed by atoms with van der Waals surface area (Å²) in [5, 5.41) is 13.1. The van der Waals surface area contributed by atoms with Gasteiger partial charge in [-0.2, -0.15) is 0 Å². The van der Waals surface area contributed by atoms with Gasteiger partial charge in [-0.15, -0.1) is 0 Å². The van der Waals surface area contributed by atoms with E-state index in [1.54, 1.807) is 0 Å². The molecule has 1 N–H and O–H groups in total. The largest absolute Gasteiger partial charge is 0.479 e. The normalized spacial score (nSPS) is 12.1. The van der Waals surface area contributed by atoms with E-state index < -0.39 is 18.0 Å². The van der Waals surface area contributed by atoms with Gasteiger partial charge in [0.1, 0.15) is 0 Å². The summed E-state index contributed by atoms with van der Waals surface area (Å²) in [5.74, 6) is -1.64. The van der Waals surface area contributed by atoms with Crippen molar-refractivity contribution in [2.24, 2.45) is 0 Å². The lowest BCUT2D eigenvalue weighted by Gasteiger charge is -2.16. The Bertz CT molecular complexity index is 1030. The van der Waals surface area contributed by atoms with Gasteiger partial charge in [0.05, 0.1) is 5.56 Å². The maximum atomic E-state index is 13.2. The molecule has 0 spiro atoms. The summed E-state index contributed by atoms with van der Waals surface area (Å²) in [4.78, 5) is 25.1. The van der Waals surface area contributed by atoms with Gasteiger partial charge in [0, 0.05) is 0 Å². The molecule has 0 saturated carbocycles. The molecule has 0 bridgehead atoms. The third kappa shape index (κ3) is 8.09. The molecular weight excluding hydrogens is 436 g/mol. The van der Waals surface area contributed by atoms with Gasteiger partial charge in [-0.25, -0.2) is 9.59 Å². The van der Waals surface area contributed by atoms with Gasteiger partial charge < -0.3 is 9.84 Å². The van der Waals surface area contributed by atoms with E-state index >= 15 is 0 Å². The Labute approximate surface area is 209 Å². The highest BCUT2D eigenvalue weighted by molar-refractivity contribution is 6.16. The van der Waals surface area contributed by atoms with Crippen LogP contribution in [-0.2, 0) is 9.53 Å². The summed E-state index contributed by atoms with van der Waals surface area (Å²) in [6.45, 7) is 2.25. The van der Waals surface area contributed by atoms with Crippen LogP contribution in [0.1, 0.15) is 101 Å². The summed E-state index contributed by atoms with van der Waals surface area (Å²) >= 11 is 0. The molecule has 0 fully saturated rings. The van der Waals surface area contributed by atoms with Gasteiger partial charge in [0.15, 0.2) is 6.10 Å². The first kappa shape index (κ1) is 26.7. The first-order valence-electron chi connectivity index (χ1n) is 13.5. The Morgan fingerprint density at radius 2 is 1.17 bits per heavy atom. The molecule has 35 heavy (non-hydrogen) atoms. The third-order valence-electron chi connectivity index (χ3n) is 6.82. The van der Waals surface area contributed by atoms with Crippen molar-refractivity contribution < 1.29 is 19.4 Å². The number of esters is 1. The lowest BCUT2D eigenvalue weighted by molar-refractivity contribution is -0.147. The number of fused-ring (bicyclic) bond motifs is 2. The maximum Gasteiger partial charge on any atom is 0.345 e. The number of unbranched alkanes of at least 4 members (excludes halogenated alkanes) is 11. The highest BCUT2D eigenvalue weighted by Crippen LogP contribution is 2.29. The third-order valence-corrected chi connectivity index (χ3v) is 6.82. The number of carbonyl (C=O) groups excluding carboxylic acids is 1. The standard InChI is InChI=1S/C31H40O4/c1-2-3-4-5-6-7-8-9-10-11-12-13-22-28(30(32)33)35-31(34)29-26-20-16-14-18-24(26)23-25-19-15-17-21-27(25)29/h14-21,23,28H,2-13,22H2,1H3,(H,32,33).